The van der Waals surface area contributed by atoms with Gasteiger partial charge in [-0.25, -0.2) is 4.39 Å². The predicted octanol–water partition coefficient (Wildman–Crippen LogP) is 3.47. The molecule has 0 bridgehead atoms. The molecule has 1 atom stereocenters. The summed E-state index contributed by atoms with van der Waals surface area (Å²) < 4.78 is 18.5. The van der Waals surface area contributed by atoms with Crippen molar-refractivity contribution in [2.75, 3.05) is 6.54 Å². The second kappa shape index (κ2) is 6.34. The van der Waals surface area contributed by atoms with Crippen LogP contribution < -0.4 is 10.5 Å². The van der Waals surface area contributed by atoms with Gasteiger partial charge in [-0.05, 0) is 35.7 Å². The molecular weight excluding hydrogens is 241 g/mol. The van der Waals surface area contributed by atoms with Crippen LogP contribution in [-0.2, 0) is 6.61 Å². The Morgan fingerprint density at radius 3 is 2.53 bits per heavy atom. The van der Waals surface area contributed by atoms with Gasteiger partial charge in [0.05, 0.1) is 0 Å². The Hall–Kier alpha value is -1.87. The smallest absolute Gasteiger partial charge is 0.126 e. The molecule has 0 heterocycles. The van der Waals surface area contributed by atoms with Crippen molar-refractivity contribution in [3.8, 4) is 5.75 Å². The molecule has 0 saturated heterocycles. The third kappa shape index (κ3) is 3.80. The third-order valence-electron chi connectivity index (χ3n) is 3.10. The molecule has 0 aliphatic heterocycles. The number of hydrogen-bond donors (Lipinski definition) is 1. The van der Waals surface area contributed by atoms with E-state index in [1.54, 1.807) is 12.1 Å². The summed E-state index contributed by atoms with van der Waals surface area (Å²) in [7, 11) is 0. The lowest BCUT2D eigenvalue weighted by Gasteiger charge is -2.10. The molecule has 0 aliphatic carbocycles. The van der Waals surface area contributed by atoms with Gasteiger partial charge >= 0.3 is 0 Å². The number of ether oxygens (including phenoxy) is 1. The van der Waals surface area contributed by atoms with E-state index in [2.05, 4.69) is 19.1 Å². The summed E-state index contributed by atoms with van der Waals surface area (Å²) in [5.74, 6) is 0.613. The number of halogens is 1. The van der Waals surface area contributed by atoms with Gasteiger partial charge in [0.1, 0.15) is 18.2 Å². The molecule has 0 saturated carbocycles. The van der Waals surface area contributed by atoms with Crippen LogP contribution in [0.3, 0.4) is 0 Å². The van der Waals surface area contributed by atoms with Gasteiger partial charge in [-0.15, -0.1) is 0 Å². The standard InChI is InChI=1S/C16H18FNO/c1-12(10-18)14-7-5-13(6-8-14)11-19-16-4-2-3-15(17)9-16/h2-9,12H,10-11,18H2,1H3. The van der Waals surface area contributed by atoms with E-state index >= 15 is 0 Å². The number of benzene rings is 2. The Labute approximate surface area is 113 Å². The predicted molar refractivity (Wildman–Crippen MR) is 74.6 cm³/mol. The SMILES string of the molecule is CC(CN)c1ccc(COc2cccc(F)c2)cc1. The van der Waals surface area contributed by atoms with Crippen LogP contribution in [0.15, 0.2) is 48.5 Å². The van der Waals surface area contributed by atoms with Crippen LogP contribution in [0.4, 0.5) is 4.39 Å². The highest BCUT2D eigenvalue weighted by atomic mass is 19.1. The van der Waals surface area contributed by atoms with E-state index in [1.807, 2.05) is 12.1 Å². The maximum absolute atomic E-state index is 13.0. The number of rotatable bonds is 5. The van der Waals surface area contributed by atoms with Gasteiger partial charge < -0.3 is 10.5 Å². The Morgan fingerprint density at radius 1 is 1.16 bits per heavy atom. The van der Waals surface area contributed by atoms with Crippen LogP contribution >= 0.6 is 0 Å². The van der Waals surface area contributed by atoms with Gasteiger partial charge in [-0.2, -0.15) is 0 Å². The van der Waals surface area contributed by atoms with Crippen molar-refractivity contribution in [1.29, 1.82) is 0 Å². The minimum absolute atomic E-state index is 0.287. The van der Waals surface area contributed by atoms with Crippen LogP contribution in [0.25, 0.3) is 0 Å². The monoisotopic (exact) mass is 259 g/mol. The van der Waals surface area contributed by atoms with Crippen LogP contribution in [-0.4, -0.2) is 6.54 Å². The molecule has 0 radical (unpaired) electrons. The van der Waals surface area contributed by atoms with Crippen LogP contribution in [0.1, 0.15) is 24.0 Å². The molecule has 19 heavy (non-hydrogen) atoms. The van der Waals surface area contributed by atoms with E-state index in [0.717, 1.165) is 5.56 Å². The van der Waals surface area contributed by atoms with E-state index in [9.17, 15) is 4.39 Å². The van der Waals surface area contributed by atoms with Crippen molar-refractivity contribution in [1.82, 2.24) is 0 Å². The molecule has 2 nitrogen and oxygen atoms in total. The molecule has 100 valence electrons. The van der Waals surface area contributed by atoms with Crippen molar-refractivity contribution in [2.45, 2.75) is 19.4 Å². The summed E-state index contributed by atoms with van der Waals surface area (Å²) in [6.45, 7) is 3.16. The first-order valence-electron chi connectivity index (χ1n) is 6.36. The third-order valence-corrected chi connectivity index (χ3v) is 3.10. The lowest BCUT2D eigenvalue weighted by molar-refractivity contribution is 0.304. The van der Waals surface area contributed by atoms with Crippen LogP contribution in [0.5, 0.6) is 5.75 Å². The average Bonchev–Trinajstić information content (AvgIpc) is 2.45. The van der Waals surface area contributed by atoms with Crippen LogP contribution in [0, 0.1) is 5.82 Å². The second-order valence-electron chi connectivity index (χ2n) is 4.62. The highest BCUT2D eigenvalue weighted by Crippen LogP contribution is 2.17. The van der Waals surface area contributed by atoms with E-state index in [4.69, 9.17) is 10.5 Å². The van der Waals surface area contributed by atoms with E-state index in [-0.39, 0.29) is 5.82 Å². The quantitative estimate of drug-likeness (QED) is 0.892. The highest BCUT2D eigenvalue weighted by Gasteiger charge is 2.03. The zero-order valence-corrected chi connectivity index (χ0v) is 11.0. The normalized spacial score (nSPS) is 12.2. The maximum Gasteiger partial charge on any atom is 0.126 e. The van der Waals surface area contributed by atoms with Gasteiger partial charge in [0.25, 0.3) is 0 Å². The fourth-order valence-corrected chi connectivity index (χ4v) is 1.80. The molecule has 2 N–H and O–H groups in total. The summed E-state index contributed by atoms with van der Waals surface area (Å²) in [6.07, 6.45) is 0. The summed E-state index contributed by atoms with van der Waals surface area (Å²) in [4.78, 5) is 0. The molecule has 1 unspecified atom stereocenters. The number of hydrogen-bond acceptors (Lipinski definition) is 2. The first kappa shape index (κ1) is 13.6. The molecule has 0 fully saturated rings. The minimum Gasteiger partial charge on any atom is -0.489 e. The maximum atomic E-state index is 13.0. The zero-order valence-electron chi connectivity index (χ0n) is 11.0. The van der Waals surface area contributed by atoms with E-state index in [1.165, 1.54) is 17.7 Å². The number of nitrogens with two attached hydrogens (primary N) is 1. The Bertz CT molecular complexity index is 525. The summed E-state index contributed by atoms with van der Waals surface area (Å²) in [6, 6.07) is 14.3. The Morgan fingerprint density at radius 2 is 1.89 bits per heavy atom. The second-order valence-corrected chi connectivity index (χ2v) is 4.62. The molecular formula is C16H18FNO. The van der Waals surface area contributed by atoms with Gasteiger partial charge in [0, 0.05) is 6.07 Å². The van der Waals surface area contributed by atoms with Crippen LogP contribution in [0.2, 0.25) is 0 Å². The fraction of sp³-hybridized carbons (Fsp3) is 0.250. The topological polar surface area (TPSA) is 35.2 Å². The largest absolute Gasteiger partial charge is 0.489 e. The van der Waals surface area contributed by atoms with Gasteiger partial charge in [0.15, 0.2) is 0 Å². The van der Waals surface area contributed by atoms with Crippen molar-refractivity contribution < 1.29 is 9.13 Å². The molecule has 0 spiro atoms. The van der Waals surface area contributed by atoms with Gasteiger partial charge in [0.2, 0.25) is 0 Å². The molecule has 0 aromatic heterocycles. The zero-order chi connectivity index (χ0) is 13.7. The summed E-state index contributed by atoms with van der Waals surface area (Å²) in [5, 5.41) is 0. The first-order chi connectivity index (χ1) is 9.19. The lowest BCUT2D eigenvalue weighted by Crippen LogP contribution is -2.08. The summed E-state index contributed by atoms with van der Waals surface area (Å²) >= 11 is 0. The van der Waals surface area contributed by atoms with Crippen molar-refractivity contribution in [3.05, 3.63) is 65.5 Å². The lowest BCUT2D eigenvalue weighted by atomic mass is 10.0. The highest BCUT2D eigenvalue weighted by molar-refractivity contribution is 5.26. The van der Waals surface area contributed by atoms with Gasteiger partial charge in [-0.1, -0.05) is 37.3 Å². The molecule has 2 rings (SSSR count). The average molecular weight is 259 g/mol. The van der Waals surface area contributed by atoms with Crippen molar-refractivity contribution in [2.24, 2.45) is 5.73 Å². The molecule has 3 heteroatoms. The van der Waals surface area contributed by atoms with Crippen molar-refractivity contribution in [3.63, 3.8) is 0 Å². The van der Waals surface area contributed by atoms with E-state index in [0.29, 0.717) is 24.8 Å². The Kier molecular flexibility index (Phi) is 4.53. The molecule has 0 amide bonds. The van der Waals surface area contributed by atoms with E-state index < -0.39 is 0 Å². The van der Waals surface area contributed by atoms with Crippen molar-refractivity contribution >= 4 is 0 Å². The Balaban J connectivity index is 1.96. The first-order valence-corrected chi connectivity index (χ1v) is 6.36. The molecule has 2 aromatic rings. The fourth-order valence-electron chi connectivity index (χ4n) is 1.80. The van der Waals surface area contributed by atoms with Gasteiger partial charge in [-0.3, -0.25) is 0 Å². The summed E-state index contributed by atoms with van der Waals surface area (Å²) in [5.41, 5.74) is 7.90. The molecule has 0 aliphatic rings. The molecule has 2 aromatic carbocycles. The minimum atomic E-state index is -0.287.